The predicted octanol–water partition coefficient (Wildman–Crippen LogP) is 4.85. The molecule has 2 aromatic carbocycles. The second kappa shape index (κ2) is 8.35. The minimum absolute atomic E-state index is 0.755. The van der Waals surface area contributed by atoms with Gasteiger partial charge in [-0.25, -0.2) is 0 Å². The molecule has 0 aliphatic carbocycles. The fraction of sp³-hybridized carbons (Fsp3) is 0.368. The molecule has 0 aliphatic rings. The highest BCUT2D eigenvalue weighted by Gasteiger charge is 2.08. The summed E-state index contributed by atoms with van der Waals surface area (Å²) in [5.74, 6) is 0. The number of aryl methyl sites for hydroxylation is 1. The van der Waals surface area contributed by atoms with Crippen molar-refractivity contribution >= 4 is 32.4 Å². The maximum atomic E-state index is 5.63. The minimum atomic E-state index is 0.755. The Morgan fingerprint density at radius 3 is 2.73 bits per heavy atom. The standard InChI is InChI=1S/C19H25BrN2/c1-3-10-22-14(2)19-13-17-12-18(20)8-7-15(17)11-16(19)6-4-5-9-21/h7-8,11-13,22H,2-6,9-10,21H2,1H3. The van der Waals surface area contributed by atoms with E-state index in [2.05, 4.69) is 65.1 Å². The zero-order valence-electron chi connectivity index (χ0n) is 13.3. The summed E-state index contributed by atoms with van der Waals surface area (Å²) in [5, 5.41) is 5.95. The van der Waals surface area contributed by atoms with Gasteiger partial charge in [0.15, 0.2) is 0 Å². The second-order valence-corrected chi connectivity index (χ2v) is 6.57. The van der Waals surface area contributed by atoms with Crippen molar-refractivity contribution in [3.63, 3.8) is 0 Å². The summed E-state index contributed by atoms with van der Waals surface area (Å²) in [5.41, 5.74) is 9.24. The number of benzene rings is 2. The quantitative estimate of drug-likeness (QED) is 0.660. The van der Waals surface area contributed by atoms with E-state index in [0.717, 1.165) is 48.9 Å². The van der Waals surface area contributed by atoms with Gasteiger partial charge in [-0.1, -0.05) is 41.6 Å². The van der Waals surface area contributed by atoms with Crippen molar-refractivity contribution < 1.29 is 0 Å². The molecule has 118 valence electrons. The number of hydrogen-bond acceptors (Lipinski definition) is 2. The van der Waals surface area contributed by atoms with Crippen LogP contribution in [0.3, 0.4) is 0 Å². The van der Waals surface area contributed by atoms with Gasteiger partial charge in [-0.3, -0.25) is 0 Å². The summed E-state index contributed by atoms with van der Waals surface area (Å²) in [6.07, 6.45) is 4.32. The van der Waals surface area contributed by atoms with Gasteiger partial charge in [0.05, 0.1) is 0 Å². The first-order valence-electron chi connectivity index (χ1n) is 8.01. The topological polar surface area (TPSA) is 38.0 Å². The molecular formula is C19H25BrN2. The number of rotatable bonds is 8. The highest BCUT2D eigenvalue weighted by atomic mass is 79.9. The molecule has 0 saturated heterocycles. The van der Waals surface area contributed by atoms with E-state index in [-0.39, 0.29) is 0 Å². The van der Waals surface area contributed by atoms with Crippen LogP contribution >= 0.6 is 15.9 Å². The minimum Gasteiger partial charge on any atom is -0.385 e. The Morgan fingerprint density at radius 2 is 2.00 bits per heavy atom. The molecule has 0 aliphatic heterocycles. The van der Waals surface area contributed by atoms with Gasteiger partial charge in [0.25, 0.3) is 0 Å². The van der Waals surface area contributed by atoms with Gasteiger partial charge in [0.1, 0.15) is 0 Å². The molecule has 2 rings (SSSR count). The lowest BCUT2D eigenvalue weighted by atomic mass is 9.95. The van der Waals surface area contributed by atoms with Crippen LogP contribution in [0, 0.1) is 0 Å². The van der Waals surface area contributed by atoms with Crippen LogP contribution in [0.2, 0.25) is 0 Å². The van der Waals surface area contributed by atoms with Crippen LogP contribution in [0.15, 0.2) is 41.4 Å². The fourth-order valence-electron chi connectivity index (χ4n) is 2.63. The Bertz CT molecular complexity index is 649. The van der Waals surface area contributed by atoms with Gasteiger partial charge in [-0.15, -0.1) is 0 Å². The van der Waals surface area contributed by atoms with E-state index in [1.807, 2.05) is 0 Å². The number of halogens is 1. The summed E-state index contributed by atoms with van der Waals surface area (Å²) in [6.45, 7) is 8.11. The molecule has 0 radical (unpaired) electrons. The maximum Gasteiger partial charge on any atom is 0.0343 e. The first-order chi connectivity index (χ1) is 10.7. The molecule has 3 N–H and O–H groups in total. The van der Waals surface area contributed by atoms with Crippen LogP contribution in [-0.4, -0.2) is 13.1 Å². The molecule has 0 saturated carbocycles. The third-order valence-corrected chi connectivity index (χ3v) is 4.33. The molecule has 0 spiro atoms. The summed E-state index contributed by atoms with van der Waals surface area (Å²) < 4.78 is 1.11. The van der Waals surface area contributed by atoms with Gasteiger partial charge in [-0.05, 0) is 66.8 Å². The number of hydrogen-bond donors (Lipinski definition) is 2. The van der Waals surface area contributed by atoms with Crippen LogP contribution in [0.4, 0.5) is 0 Å². The monoisotopic (exact) mass is 360 g/mol. The lowest BCUT2D eigenvalue weighted by molar-refractivity contribution is 0.743. The van der Waals surface area contributed by atoms with Crippen molar-refractivity contribution in [3.8, 4) is 0 Å². The highest BCUT2D eigenvalue weighted by Crippen LogP contribution is 2.27. The normalized spacial score (nSPS) is 10.9. The van der Waals surface area contributed by atoms with E-state index in [0.29, 0.717) is 0 Å². The van der Waals surface area contributed by atoms with E-state index >= 15 is 0 Å². The van der Waals surface area contributed by atoms with Gasteiger partial charge in [0, 0.05) is 22.3 Å². The molecule has 22 heavy (non-hydrogen) atoms. The van der Waals surface area contributed by atoms with E-state index in [4.69, 9.17) is 5.73 Å². The first-order valence-corrected chi connectivity index (χ1v) is 8.80. The van der Waals surface area contributed by atoms with E-state index in [9.17, 15) is 0 Å². The van der Waals surface area contributed by atoms with Gasteiger partial charge >= 0.3 is 0 Å². The molecular weight excluding hydrogens is 336 g/mol. The zero-order chi connectivity index (χ0) is 15.9. The van der Waals surface area contributed by atoms with Crippen molar-refractivity contribution in [1.82, 2.24) is 5.32 Å². The molecule has 0 amide bonds. The summed E-state index contributed by atoms with van der Waals surface area (Å²) >= 11 is 3.55. The van der Waals surface area contributed by atoms with Crippen LogP contribution in [0.25, 0.3) is 16.5 Å². The highest BCUT2D eigenvalue weighted by molar-refractivity contribution is 9.10. The fourth-order valence-corrected chi connectivity index (χ4v) is 3.01. The third-order valence-electron chi connectivity index (χ3n) is 3.84. The Kier molecular flexibility index (Phi) is 6.47. The molecule has 0 atom stereocenters. The predicted molar refractivity (Wildman–Crippen MR) is 101 cm³/mol. The van der Waals surface area contributed by atoms with Crippen LogP contribution < -0.4 is 11.1 Å². The van der Waals surface area contributed by atoms with E-state index < -0.39 is 0 Å². The Morgan fingerprint density at radius 1 is 1.18 bits per heavy atom. The third kappa shape index (κ3) is 4.34. The SMILES string of the molecule is C=C(NCCC)c1cc2cc(Br)ccc2cc1CCCCN. The maximum absolute atomic E-state index is 5.63. The molecule has 2 nitrogen and oxygen atoms in total. The lowest BCUT2D eigenvalue weighted by Gasteiger charge is -2.15. The van der Waals surface area contributed by atoms with Crippen molar-refractivity contribution in [2.75, 3.05) is 13.1 Å². The Labute approximate surface area is 141 Å². The molecule has 0 bridgehead atoms. The molecule has 0 fully saturated rings. The van der Waals surface area contributed by atoms with Gasteiger partial charge in [-0.2, -0.15) is 0 Å². The average molecular weight is 361 g/mol. The number of unbranched alkanes of at least 4 members (excludes halogenated alkanes) is 1. The molecule has 0 heterocycles. The Balaban J connectivity index is 2.38. The van der Waals surface area contributed by atoms with Gasteiger partial charge in [0.2, 0.25) is 0 Å². The number of nitrogens with one attached hydrogen (secondary N) is 1. The molecule has 2 aromatic rings. The molecule has 0 unspecified atom stereocenters. The zero-order valence-corrected chi connectivity index (χ0v) is 14.9. The summed E-state index contributed by atoms with van der Waals surface area (Å²) in [7, 11) is 0. The smallest absolute Gasteiger partial charge is 0.0343 e. The molecule has 0 aromatic heterocycles. The molecule has 3 heteroatoms. The Hall–Kier alpha value is -1.32. The van der Waals surface area contributed by atoms with Crippen molar-refractivity contribution in [3.05, 3.63) is 52.5 Å². The average Bonchev–Trinajstić information content (AvgIpc) is 2.52. The summed E-state index contributed by atoms with van der Waals surface area (Å²) in [4.78, 5) is 0. The number of nitrogens with two attached hydrogens (primary N) is 1. The van der Waals surface area contributed by atoms with Crippen LogP contribution in [0.1, 0.15) is 37.3 Å². The number of fused-ring (bicyclic) bond motifs is 1. The largest absolute Gasteiger partial charge is 0.385 e. The van der Waals surface area contributed by atoms with Crippen molar-refractivity contribution in [1.29, 1.82) is 0 Å². The van der Waals surface area contributed by atoms with E-state index in [1.165, 1.54) is 21.9 Å². The summed E-state index contributed by atoms with van der Waals surface area (Å²) in [6, 6.07) is 11.0. The lowest BCUT2D eigenvalue weighted by Crippen LogP contribution is -2.13. The van der Waals surface area contributed by atoms with E-state index in [1.54, 1.807) is 0 Å². The second-order valence-electron chi connectivity index (χ2n) is 5.65. The van der Waals surface area contributed by atoms with Crippen LogP contribution in [-0.2, 0) is 6.42 Å². The first kappa shape index (κ1) is 17.0. The van der Waals surface area contributed by atoms with Crippen LogP contribution in [0.5, 0.6) is 0 Å². The van der Waals surface area contributed by atoms with Crippen molar-refractivity contribution in [2.45, 2.75) is 32.6 Å². The van der Waals surface area contributed by atoms with Gasteiger partial charge < -0.3 is 11.1 Å². The van der Waals surface area contributed by atoms with Crippen molar-refractivity contribution in [2.24, 2.45) is 5.73 Å².